The molecule has 3 heteroatoms. The molecule has 2 aromatic rings. The topological polar surface area (TPSA) is 43.3 Å². The molecule has 2 heterocycles. The van der Waals surface area contributed by atoms with E-state index < -0.39 is 0 Å². The number of nitrogens with two attached hydrogens (primary N) is 1. The number of nitrogen functional groups attached to an aromatic ring is 1. The van der Waals surface area contributed by atoms with Crippen LogP contribution in [0.1, 0.15) is 49.1 Å². The summed E-state index contributed by atoms with van der Waals surface area (Å²) in [7, 11) is 0. The molecule has 0 amide bonds. The van der Waals surface area contributed by atoms with E-state index in [1.807, 2.05) is 6.07 Å². The summed E-state index contributed by atoms with van der Waals surface area (Å²) in [6, 6.07) is 2.03. The fourth-order valence-electron chi connectivity index (χ4n) is 4.20. The van der Waals surface area contributed by atoms with E-state index in [1.54, 1.807) is 0 Å². The molecule has 2 aromatic heterocycles. The summed E-state index contributed by atoms with van der Waals surface area (Å²) in [5.41, 5.74) is 12.5. The van der Waals surface area contributed by atoms with E-state index in [0.717, 1.165) is 17.8 Å². The minimum atomic E-state index is 0.571. The predicted octanol–water partition coefficient (Wildman–Crippen LogP) is 3.27. The zero-order chi connectivity index (χ0) is 13.0. The Balaban J connectivity index is 1.89. The van der Waals surface area contributed by atoms with Gasteiger partial charge >= 0.3 is 0 Å². The molecule has 0 aliphatic heterocycles. The number of imidazole rings is 1. The third-order valence-corrected chi connectivity index (χ3v) is 5.21. The van der Waals surface area contributed by atoms with Crippen molar-refractivity contribution in [3.63, 3.8) is 0 Å². The predicted molar refractivity (Wildman–Crippen MR) is 77.3 cm³/mol. The molecule has 19 heavy (non-hydrogen) atoms. The molecular formula is C16H21N3. The van der Waals surface area contributed by atoms with Crippen LogP contribution in [-0.4, -0.2) is 9.38 Å². The lowest BCUT2D eigenvalue weighted by molar-refractivity contribution is 0.250. The first kappa shape index (κ1) is 11.3. The van der Waals surface area contributed by atoms with E-state index in [0.29, 0.717) is 5.41 Å². The van der Waals surface area contributed by atoms with Crippen LogP contribution in [0.15, 0.2) is 12.3 Å². The second-order valence-corrected chi connectivity index (χ2v) is 6.54. The van der Waals surface area contributed by atoms with Crippen molar-refractivity contribution in [3.8, 4) is 0 Å². The van der Waals surface area contributed by atoms with Gasteiger partial charge in [0.05, 0.1) is 5.69 Å². The van der Waals surface area contributed by atoms with E-state index >= 15 is 0 Å². The van der Waals surface area contributed by atoms with E-state index in [4.69, 9.17) is 10.7 Å². The Kier molecular flexibility index (Phi) is 2.23. The van der Waals surface area contributed by atoms with Crippen LogP contribution in [0, 0.1) is 12.3 Å². The molecule has 0 saturated heterocycles. The molecule has 2 aliphatic rings. The monoisotopic (exact) mass is 255 g/mol. The largest absolute Gasteiger partial charge is 0.398 e. The summed E-state index contributed by atoms with van der Waals surface area (Å²) < 4.78 is 2.26. The fraction of sp³-hybridized carbons (Fsp3) is 0.562. The van der Waals surface area contributed by atoms with Crippen molar-refractivity contribution in [2.24, 2.45) is 5.41 Å². The third-order valence-electron chi connectivity index (χ3n) is 5.21. The number of aromatic nitrogens is 2. The number of fused-ring (bicyclic) bond motifs is 3. The van der Waals surface area contributed by atoms with Gasteiger partial charge in [-0.2, -0.15) is 0 Å². The van der Waals surface area contributed by atoms with Gasteiger partial charge in [-0.3, -0.25) is 0 Å². The van der Waals surface area contributed by atoms with Crippen molar-refractivity contribution in [3.05, 3.63) is 29.2 Å². The van der Waals surface area contributed by atoms with Crippen molar-refractivity contribution >= 4 is 11.3 Å². The van der Waals surface area contributed by atoms with E-state index in [2.05, 4.69) is 17.5 Å². The molecular weight excluding hydrogens is 234 g/mol. The average molecular weight is 255 g/mol. The molecule has 0 bridgehead atoms. The highest BCUT2D eigenvalue weighted by molar-refractivity contribution is 5.57. The first-order valence-electron chi connectivity index (χ1n) is 7.43. The van der Waals surface area contributed by atoms with Crippen LogP contribution >= 0.6 is 0 Å². The SMILES string of the molecule is Cc1cc(N)cn2c3c(nc12)CCC1(CCCC1)C3. The summed E-state index contributed by atoms with van der Waals surface area (Å²) in [6.07, 6.45) is 11.4. The minimum Gasteiger partial charge on any atom is -0.398 e. The van der Waals surface area contributed by atoms with Crippen LogP contribution in [0.2, 0.25) is 0 Å². The molecule has 2 aliphatic carbocycles. The number of pyridine rings is 1. The summed E-state index contributed by atoms with van der Waals surface area (Å²) in [5, 5.41) is 0. The first-order chi connectivity index (χ1) is 9.17. The Labute approximate surface area is 113 Å². The van der Waals surface area contributed by atoms with Gasteiger partial charge in [0.2, 0.25) is 0 Å². The second-order valence-electron chi connectivity index (χ2n) is 6.54. The van der Waals surface area contributed by atoms with Crippen molar-refractivity contribution < 1.29 is 0 Å². The van der Waals surface area contributed by atoms with Crippen LogP contribution in [0.4, 0.5) is 5.69 Å². The first-order valence-corrected chi connectivity index (χ1v) is 7.43. The second kappa shape index (κ2) is 3.75. The Bertz CT molecular complexity index is 648. The summed E-state index contributed by atoms with van der Waals surface area (Å²) in [6.45, 7) is 2.11. The molecule has 0 radical (unpaired) electrons. The molecule has 0 aromatic carbocycles. The Morgan fingerprint density at radius 3 is 2.84 bits per heavy atom. The van der Waals surface area contributed by atoms with Crippen LogP contribution < -0.4 is 5.73 Å². The molecule has 100 valence electrons. The number of rotatable bonds is 0. The molecule has 2 N–H and O–H groups in total. The summed E-state index contributed by atoms with van der Waals surface area (Å²) in [4.78, 5) is 4.86. The minimum absolute atomic E-state index is 0.571. The van der Waals surface area contributed by atoms with Crippen LogP contribution in [0.3, 0.4) is 0 Å². The quantitative estimate of drug-likeness (QED) is 0.785. The molecule has 1 fully saturated rings. The zero-order valence-corrected chi connectivity index (χ0v) is 11.6. The van der Waals surface area contributed by atoms with E-state index in [-0.39, 0.29) is 0 Å². The molecule has 4 rings (SSSR count). The standard InChI is InChI=1S/C16H21N3/c1-11-8-12(17)10-19-14-9-16(5-2-3-6-16)7-4-13(14)18-15(11)19/h8,10H,2-7,9,17H2,1H3. The molecule has 0 atom stereocenters. The van der Waals surface area contributed by atoms with Gasteiger partial charge in [0.1, 0.15) is 5.65 Å². The van der Waals surface area contributed by atoms with Gasteiger partial charge in [-0.1, -0.05) is 12.8 Å². The average Bonchev–Trinajstić information content (AvgIpc) is 2.96. The van der Waals surface area contributed by atoms with Gasteiger partial charge < -0.3 is 10.1 Å². The molecule has 1 saturated carbocycles. The van der Waals surface area contributed by atoms with E-state index in [9.17, 15) is 0 Å². The van der Waals surface area contributed by atoms with Gasteiger partial charge in [0.25, 0.3) is 0 Å². The number of aryl methyl sites for hydroxylation is 2. The highest BCUT2D eigenvalue weighted by Gasteiger charge is 2.38. The highest BCUT2D eigenvalue weighted by Crippen LogP contribution is 2.47. The van der Waals surface area contributed by atoms with Gasteiger partial charge in [-0.15, -0.1) is 0 Å². The number of hydrogen-bond acceptors (Lipinski definition) is 2. The highest BCUT2D eigenvalue weighted by atomic mass is 15.0. The van der Waals surface area contributed by atoms with Gasteiger partial charge in [0, 0.05) is 17.6 Å². The third kappa shape index (κ3) is 1.60. The normalized spacial score (nSPS) is 21.1. The number of anilines is 1. The maximum atomic E-state index is 6.01. The zero-order valence-electron chi connectivity index (χ0n) is 11.6. The Morgan fingerprint density at radius 1 is 1.26 bits per heavy atom. The summed E-state index contributed by atoms with van der Waals surface area (Å²) in [5.74, 6) is 0. The smallest absolute Gasteiger partial charge is 0.140 e. The lowest BCUT2D eigenvalue weighted by Crippen LogP contribution is -2.26. The van der Waals surface area contributed by atoms with Crippen LogP contribution in [0.25, 0.3) is 5.65 Å². The fourth-order valence-corrected chi connectivity index (χ4v) is 4.20. The van der Waals surface area contributed by atoms with Gasteiger partial charge in [-0.05, 0) is 56.1 Å². The lowest BCUT2D eigenvalue weighted by Gasteiger charge is -2.32. The van der Waals surface area contributed by atoms with Gasteiger partial charge in [0.15, 0.2) is 0 Å². The van der Waals surface area contributed by atoms with Crippen molar-refractivity contribution in [1.29, 1.82) is 0 Å². The summed E-state index contributed by atoms with van der Waals surface area (Å²) >= 11 is 0. The Hall–Kier alpha value is -1.51. The van der Waals surface area contributed by atoms with Gasteiger partial charge in [-0.25, -0.2) is 4.98 Å². The number of nitrogens with zero attached hydrogens (tertiary/aromatic N) is 2. The molecule has 3 nitrogen and oxygen atoms in total. The Morgan fingerprint density at radius 2 is 2.05 bits per heavy atom. The maximum absolute atomic E-state index is 6.01. The van der Waals surface area contributed by atoms with Crippen molar-refractivity contribution in [2.45, 2.75) is 51.9 Å². The molecule has 0 unspecified atom stereocenters. The maximum Gasteiger partial charge on any atom is 0.140 e. The lowest BCUT2D eigenvalue weighted by atomic mass is 9.73. The van der Waals surface area contributed by atoms with E-state index in [1.165, 1.54) is 55.5 Å². The van der Waals surface area contributed by atoms with Crippen LogP contribution in [0.5, 0.6) is 0 Å². The van der Waals surface area contributed by atoms with Crippen molar-refractivity contribution in [1.82, 2.24) is 9.38 Å². The van der Waals surface area contributed by atoms with Crippen molar-refractivity contribution in [2.75, 3.05) is 5.73 Å². The molecule has 1 spiro atoms. The van der Waals surface area contributed by atoms with Crippen LogP contribution in [-0.2, 0) is 12.8 Å². The number of hydrogen-bond donors (Lipinski definition) is 1.